The first-order valence-electron chi connectivity index (χ1n) is 7.32. The maximum absolute atomic E-state index is 12.6. The quantitative estimate of drug-likeness (QED) is 0.883. The van der Waals surface area contributed by atoms with Crippen molar-refractivity contribution in [3.63, 3.8) is 0 Å². The highest BCUT2D eigenvalue weighted by atomic mass is 16.5. The smallest absolute Gasteiger partial charge is 0.255 e. The number of rotatable bonds is 5. The second-order valence-corrected chi connectivity index (χ2v) is 5.30. The van der Waals surface area contributed by atoms with Crippen LogP contribution in [0, 0.1) is 13.8 Å². The van der Waals surface area contributed by atoms with Crippen LogP contribution in [0.2, 0.25) is 0 Å². The van der Waals surface area contributed by atoms with Crippen LogP contribution < -0.4 is 20.5 Å². The third-order valence-electron chi connectivity index (χ3n) is 3.86. The summed E-state index contributed by atoms with van der Waals surface area (Å²) in [6.45, 7) is 3.58. The summed E-state index contributed by atoms with van der Waals surface area (Å²) in [7, 11) is 3.06. The Bertz CT molecular complexity index is 775. The maximum Gasteiger partial charge on any atom is 0.255 e. The number of anilines is 1. The van der Waals surface area contributed by atoms with Crippen molar-refractivity contribution in [1.82, 2.24) is 0 Å². The van der Waals surface area contributed by atoms with E-state index in [4.69, 9.17) is 15.2 Å². The summed E-state index contributed by atoms with van der Waals surface area (Å²) in [5.74, 6) is 0.239. The molecule has 0 unspecified atom stereocenters. The minimum absolute atomic E-state index is 0.337. The van der Waals surface area contributed by atoms with Gasteiger partial charge in [-0.1, -0.05) is 6.07 Å². The second-order valence-electron chi connectivity index (χ2n) is 5.30. The van der Waals surface area contributed by atoms with Gasteiger partial charge in [-0.3, -0.25) is 9.59 Å². The molecule has 2 aromatic carbocycles. The number of hydrogen-bond donors (Lipinski definition) is 2. The molecule has 126 valence electrons. The van der Waals surface area contributed by atoms with Crippen molar-refractivity contribution in [1.29, 1.82) is 0 Å². The zero-order chi connectivity index (χ0) is 17.9. The molecule has 0 saturated carbocycles. The Labute approximate surface area is 140 Å². The summed E-state index contributed by atoms with van der Waals surface area (Å²) in [6, 6.07) is 8.27. The van der Waals surface area contributed by atoms with Crippen LogP contribution in [0.15, 0.2) is 30.3 Å². The Morgan fingerprint density at radius 2 is 1.58 bits per heavy atom. The topological polar surface area (TPSA) is 90.6 Å². The number of methoxy groups -OCH3 is 2. The van der Waals surface area contributed by atoms with Gasteiger partial charge in [0.15, 0.2) is 0 Å². The number of carbonyl (C=O) groups is 2. The summed E-state index contributed by atoms with van der Waals surface area (Å²) in [4.78, 5) is 24.0. The van der Waals surface area contributed by atoms with Gasteiger partial charge in [0.05, 0.1) is 14.2 Å². The number of nitrogens with one attached hydrogen (secondary N) is 1. The van der Waals surface area contributed by atoms with E-state index in [-0.39, 0.29) is 5.91 Å². The van der Waals surface area contributed by atoms with E-state index in [2.05, 4.69) is 5.32 Å². The van der Waals surface area contributed by atoms with Gasteiger partial charge >= 0.3 is 0 Å². The van der Waals surface area contributed by atoms with Crippen LogP contribution in [-0.4, -0.2) is 26.0 Å². The Morgan fingerprint density at radius 3 is 2.08 bits per heavy atom. The molecule has 6 heteroatoms. The van der Waals surface area contributed by atoms with Crippen LogP contribution >= 0.6 is 0 Å². The van der Waals surface area contributed by atoms with Crippen molar-refractivity contribution in [2.24, 2.45) is 5.73 Å². The van der Waals surface area contributed by atoms with E-state index in [1.54, 1.807) is 37.3 Å². The van der Waals surface area contributed by atoms with Gasteiger partial charge < -0.3 is 20.5 Å². The fourth-order valence-electron chi connectivity index (χ4n) is 2.45. The van der Waals surface area contributed by atoms with E-state index in [1.807, 2.05) is 6.92 Å². The number of ether oxygens (including phenoxy) is 2. The minimum atomic E-state index is -0.540. The lowest BCUT2D eigenvalue weighted by Gasteiger charge is -2.14. The van der Waals surface area contributed by atoms with Gasteiger partial charge in [0.1, 0.15) is 11.5 Å². The number of carbonyl (C=O) groups excluding carboxylic acids is 2. The molecule has 0 heterocycles. The first kappa shape index (κ1) is 17.3. The van der Waals surface area contributed by atoms with Crippen LogP contribution in [0.25, 0.3) is 0 Å². The first-order valence-corrected chi connectivity index (χ1v) is 7.32. The van der Waals surface area contributed by atoms with E-state index < -0.39 is 5.91 Å². The minimum Gasteiger partial charge on any atom is -0.496 e. The molecule has 6 nitrogen and oxygen atoms in total. The molecule has 0 saturated heterocycles. The molecule has 0 aliphatic rings. The van der Waals surface area contributed by atoms with Crippen LogP contribution in [0.4, 0.5) is 5.69 Å². The number of amides is 2. The number of primary amides is 1. The van der Waals surface area contributed by atoms with Crippen LogP contribution in [0.1, 0.15) is 31.8 Å². The lowest BCUT2D eigenvalue weighted by molar-refractivity contribution is 0.0995. The molecule has 0 atom stereocenters. The summed E-state index contributed by atoms with van der Waals surface area (Å²) < 4.78 is 10.6. The van der Waals surface area contributed by atoms with E-state index >= 15 is 0 Å². The molecule has 0 bridgehead atoms. The molecule has 2 amide bonds. The normalized spacial score (nSPS) is 10.2. The van der Waals surface area contributed by atoms with Gasteiger partial charge in [0.2, 0.25) is 5.91 Å². The predicted molar refractivity (Wildman–Crippen MR) is 91.9 cm³/mol. The monoisotopic (exact) mass is 328 g/mol. The molecule has 0 radical (unpaired) electrons. The summed E-state index contributed by atoms with van der Waals surface area (Å²) in [5, 5.41) is 2.79. The zero-order valence-electron chi connectivity index (χ0n) is 14.1. The molecule has 2 aromatic rings. The average molecular weight is 328 g/mol. The Kier molecular flexibility index (Phi) is 5.08. The third-order valence-corrected chi connectivity index (χ3v) is 3.86. The molecule has 3 N–H and O–H groups in total. The van der Waals surface area contributed by atoms with Crippen LogP contribution in [-0.2, 0) is 0 Å². The first-order chi connectivity index (χ1) is 11.4. The van der Waals surface area contributed by atoms with Crippen molar-refractivity contribution in [3.8, 4) is 11.5 Å². The predicted octanol–water partition coefficient (Wildman–Crippen LogP) is 2.67. The highest BCUT2D eigenvalue weighted by Gasteiger charge is 2.16. The summed E-state index contributed by atoms with van der Waals surface area (Å²) in [5.41, 5.74) is 8.03. The lowest BCUT2D eigenvalue weighted by atomic mass is 10.1. The van der Waals surface area contributed by atoms with Crippen molar-refractivity contribution < 1.29 is 19.1 Å². The molecule has 0 fully saturated rings. The summed E-state index contributed by atoms with van der Waals surface area (Å²) >= 11 is 0. The van der Waals surface area contributed by atoms with Gasteiger partial charge in [-0.2, -0.15) is 0 Å². The molecular formula is C18H20N2O4. The molecule has 2 rings (SSSR count). The SMILES string of the molecule is COc1cc(C(=O)Nc2cccc(C(N)=O)c2C)cc(OC)c1C. The fourth-order valence-corrected chi connectivity index (χ4v) is 2.45. The summed E-state index contributed by atoms with van der Waals surface area (Å²) in [6.07, 6.45) is 0. The van der Waals surface area contributed by atoms with Crippen molar-refractivity contribution in [2.45, 2.75) is 13.8 Å². The number of hydrogen-bond acceptors (Lipinski definition) is 4. The fraction of sp³-hybridized carbons (Fsp3) is 0.222. The molecule has 0 spiro atoms. The molecule has 24 heavy (non-hydrogen) atoms. The largest absolute Gasteiger partial charge is 0.496 e. The van der Waals surface area contributed by atoms with Gasteiger partial charge in [-0.15, -0.1) is 0 Å². The standard InChI is InChI=1S/C18H20N2O4/c1-10-13(17(19)21)6-5-7-14(10)20-18(22)12-8-15(23-3)11(2)16(9-12)24-4/h5-9H,1-4H3,(H2,19,21)(H,20,22). The van der Waals surface area contributed by atoms with Gasteiger partial charge in [0, 0.05) is 22.4 Å². The Morgan fingerprint density at radius 1 is 1.00 bits per heavy atom. The number of nitrogens with two attached hydrogens (primary N) is 1. The van der Waals surface area contributed by atoms with E-state index in [0.29, 0.717) is 33.9 Å². The second kappa shape index (κ2) is 7.04. The van der Waals surface area contributed by atoms with Crippen molar-refractivity contribution in [3.05, 3.63) is 52.6 Å². The van der Waals surface area contributed by atoms with Crippen molar-refractivity contribution >= 4 is 17.5 Å². The highest BCUT2D eigenvalue weighted by molar-refractivity contribution is 6.06. The van der Waals surface area contributed by atoms with Crippen molar-refractivity contribution in [2.75, 3.05) is 19.5 Å². The van der Waals surface area contributed by atoms with Crippen LogP contribution in [0.3, 0.4) is 0 Å². The zero-order valence-corrected chi connectivity index (χ0v) is 14.1. The molecule has 0 aliphatic carbocycles. The Balaban J connectivity index is 2.37. The lowest BCUT2D eigenvalue weighted by Crippen LogP contribution is -2.17. The maximum atomic E-state index is 12.6. The van der Waals surface area contributed by atoms with Gasteiger partial charge in [-0.25, -0.2) is 0 Å². The van der Waals surface area contributed by atoms with E-state index in [9.17, 15) is 9.59 Å². The number of benzene rings is 2. The highest BCUT2D eigenvalue weighted by Crippen LogP contribution is 2.30. The third kappa shape index (κ3) is 3.32. The molecule has 0 aromatic heterocycles. The molecular weight excluding hydrogens is 308 g/mol. The molecule has 0 aliphatic heterocycles. The van der Waals surface area contributed by atoms with E-state index in [0.717, 1.165) is 5.56 Å². The average Bonchev–Trinajstić information content (AvgIpc) is 2.56. The van der Waals surface area contributed by atoms with Crippen LogP contribution in [0.5, 0.6) is 11.5 Å². The van der Waals surface area contributed by atoms with Gasteiger partial charge in [-0.05, 0) is 43.7 Å². The van der Waals surface area contributed by atoms with E-state index in [1.165, 1.54) is 14.2 Å². The van der Waals surface area contributed by atoms with Gasteiger partial charge in [0.25, 0.3) is 5.91 Å². The Hall–Kier alpha value is -3.02.